The Morgan fingerprint density at radius 1 is 1.00 bits per heavy atom. The van der Waals surface area contributed by atoms with Crippen LogP contribution < -0.4 is 14.2 Å². The number of hydrogen-bond acceptors (Lipinski definition) is 5. The first-order valence-electron chi connectivity index (χ1n) is 7.75. The molecule has 1 aromatic rings. The first-order valence-corrected chi connectivity index (χ1v) is 7.75. The summed E-state index contributed by atoms with van der Waals surface area (Å²) in [4.78, 5) is 14.8. The van der Waals surface area contributed by atoms with E-state index in [0.29, 0.717) is 29.2 Å². The van der Waals surface area contributed by atoms with Crippen LogP contribution in [0.4, 0.5) is 0 Å². The largest absolute Gasteiger partial charge is 0.493 e. The molecule has 1 saturated heterocycles. The molecule has 0 saturated carbocycles. The van der Waals surface area contributed by atoms with Gasteiger partial charge in [-0.15, -0.1) is 12.4 Å². The second-order valence-electron chi connectivity index (χ2n) is 5.49. The number of ether oxygens (including phenoxy) is 3. The number of halogens is 1. The summed E-state index contributed by atoms with van der Waals surface area (Å²) in [7, 11) is 4.66. The molecule has 0 radical (unpaired) electrons. The molecule has 1 aliphatic rings. The molecule has 130 valence electrons. The quantitative estimate of drug-likeness (QED) is 0.711. The summed E-state index contributed by atoms with van der Waals surface area (Å²) in [6.07, 6.45) is 4.28. The second-order valence-corrected chi connectivity index (χ2v) is 5.49. The topological polar surface area (TPSA) is 48.0 Å². The van der Waals surface area contributed by atoms with Gasteiger partial charge in [-0.05, 0) is 38.1 Å². The molecule has 0 bridgehead atoms. The van der Waals surface area contributed by atoms with Crippen molar-refractivity contribution in [2.45, 2.75) is 25.7 Å². The molecule has 1 fully saturated rings. The van der Waals surface area contributed by atoms with E-state index in [1.807, 2.05) is 0 Å². The van der Waals surface area contributed by atoms with Crippen LogP contribution in [0, 0.1) is 0 Å². The lowest BCUT2D eigenvalue weighted by molar-refractivity contribution is 0.0958. The van der Waals surface area contributed by atoms with E-state index in [2.05, 4.69) is 4.90 Å². The van der Waals surface area contributed by atoms with E-state index in [0.717, 1.165) is 19.6 Å². The molecule has 23 heavy (non-hydrogen) atoms. The minimum atomic E-state index is 0. The van der Waals surface area contributed by atoms with Crippen LogP contribution in [0.15, 0.2) is 12.1 Å². The summed E-state index contributed by atoms with van der Waals surface area (Å²) >= 11 is 0. The van der Waals surface area contributed by atoms with Gasteiger partial charge in [0.05, 0.1) is 21.3 Å². The highest BCUT2D eigenvalue weighted by atomic mass is 35.5. The maximum Gasteiger partial charge on any atom is 0.203 e. The van der Waals surface area contributed by atoms with Crippen LogP contribution >= 0.6 is 12.4 Å². The van der Waals surface area contributed by atoms with Crippen molar-refractivity contribution in [3.63, 3.8) is 0 Å². The third kappa shape index (κ3) is 5.01. The highest BCUT2D eigenvalue weighted by Gasteiger charge is 2.18. The van der Waals surface area contributed by atoms with Crippen molar-refractivity contribution >= 4 is 18.2 Å². The fourth-order valence-electron chi connectivity index (χ4n) is 2.83. The number of Topliss-reactive ketones (excluding diaryl/α,β-unsaturated/α-hetero) is 1. The van der Waals surface area contributed by atoms with Gasteiger partial charge < -0.3 is 19.1 Å². The van der Waals surface area contributed by atoms with Gasteiger partial charge in [0, 0.05) is 18.5 Å². The maximum absolute atomic E-state index is 12.4. The fourth-order valence-corrected chi connectivity index (χ4v) is 2.83. The summed E-state index contributed by atoms with van der Waals surface area (Å²) in [6, 6.07) is 3.44. The number of carbonyl (C=O) groups is 1. The van der Waals surface area contributed by atoms with Gasteiger partial charge in [-0.1, -0.05) is 6.42 Å². The number of nitrogens with zero attached hydrogens (tertiary/aromatic N) is 1. The van der Waals surface area contributed by atoms with Crippen molar-refractivity contribution in [3.05, 3.63) is 17.7 Å². The monoisotopic (exact) mass is 343 g/mol. The molecule has 2 rings (SSSR count). The Kier molecular flexibility index (Phi) is 8.20. The number of piperidine rings is 1. The third-order valence-electron chi connectivity index (χ3n) is 4.09. The van der Waals surface area contributed by atoms with Gasteiger partial charge in [-0.25, -0.2) is 0 Å². The number of likely N-dealkylation sites (tertiary alicyclic amines) is 1. The number of benzene rings is 1. The normalized spacial score (nSPS) is 14.7. The fraction of sp³-hybridized carbons (Fsp3) is 0.588. The summed E-state index contributed by atoms with van der Waals surface area (Å²) in [6.45, 7) is 3.01. The molecule has 1 heterocycles. The van der Waals surface area contributed by atoms with E-state index in [4.69, 9.17) is 14.2 Å². The molecule has 0 N–H and O–H groups in total. The summed E-state index contributed by atoms with van der Waals surface area (Å²) in [5, 5.41) is 0. The highest BCUT2D eigenvalue weighted by Crippen LogP contribution is 2.38. The third-order valence-corrected chi connectivity index (χ3v) is 4.09. The van der Waals surface area contributed by atoms with Gasteiger partial charge in [0.25, 0.3) is 0 Å². The molecule has 1 aromatic carbocycles. The van der Waals surface area contributed by atoms with Crippen LogP contribution in [0.2, 0.25) is 0 Å². The van der Waals surface area contributed by atoms with Gasteiger partial charge in [0.2, 0.25) is 5.75 Å². The van der Waals surface area contributed by atoms with Gasteiger partial charge in [0.15, 0.2) is 17.3 Å². The van der Waals surface area contributed by atoms with Crippen molar-refractivity contribution < 1.29 is 19.0 Å². The summed E-state index contributed by atoms with van der Waals surface area (Å²) in [5.41, 5.74) is 0.603. The summed E-state index contributed by atoms with van der Waals surface area (Å²) in [5.74, 6) is 1.65. The number of carbonyl (C=O) groups excluding carboxylic acids is 1. The molecular formula is C17H26ClNO4. The van der Waals surface area contributed by atoms with Gasteiger partial charge >= 0.3 is 0 Å². The summed E-state index contributed by atoms with van der Waals surface area (Å²) < 4.78 is 15.9. The predicted octanol–water partition coefficient (Wildman–Crippen LogP) is 3.19. The average Bonchev–Trinajstić information content (AvgIpc) is 2.59. The van der Waals surface area contributed by atoms with Crippen LogP contribution in [0.25, 0.3) is 0 Å². The van der Waals surface area contributed by atoms with Crippen molar-refractivity contribution in [2.75, 3.05) is 41.0 Å². The average molecular weight is 344 g/mol. The molecule has 0 spiro atoms. The van der Waals surface area contributed by atoms with Gasteiger partial charge in [-0.2, -0.15) is 0 Å². The van der Waals surface area contributed by atoms with Crippen molar-refractivity contribution in [2.24, 2.45) is 0 Å². The van der Waals surface area contributed by atoms with Crippen molar-refractivity contribution in [3.8, 4) is 17.2 Å². The van der Waals surface area contributed by atoms with E-state index in [1.165, 1.54) is 19.3 Å². The first-order chi connectivity index (χ1) is 10.7. The molecule has 0 aromatic heterocycles. The Bertz CT molecular complexity index is 490. The lowest BCUT2D eigenvalue weighted by Gasteiger charge is -2.26. The molecule has 0 amide bonds. The van der Waals surface area contributed by atoms with Crippen molar-refractivity contribution in [1.29, 1.82) is 0 Å². The minimum Gasteiger partial charge on any atom is -0.493 e. The van der Waals surface area contributed by atoms with E-state index < -0.39 is 0 Å². The molecule has 5 nitrogen and oxygen atoms in total. The Morgan fingerprint density at radius 3 is 2.04 bits per heavy atom. The van der Waals surface area contributed by atoms with Crippen LogP contribution in [0.1, 0.15) is 36.0 Å². The minimum absolute atomic E-state index is 0. The molecule has 0 unspecified atom stereocenters. The Hall–Kier alpha value is -1.46. The van der Waals surface area contributed by atoms with E-state index in [9.17, 15) is 4.79 Å². The zero-order valence-electron chi connectivity index (χ0n) is 14.1. The number of methoxy groups -OCH3 is 3. The van der Waals surface area contributed by atoms with Crippen LogP contribution in [-0.4, -0.2) is 51.6 Å². The molecular weight excluding hydrogens is 318 g/mol. The zero-order valence-corrected chi connectivity index (χ0v) is 14.9. The number of hydrogen-bond donors (Lipinski definition) is 0. The van der Waals surface area contributed by atoms with Crippen LogP contribution in [0.5, 0.6) is 17.2 Å². The maximum atomic E-state index is 12.4. The second kappa shape index (κ2) is 9.63. The predicted molar refractivity (Wildman–Crippen MR) is 92.6 cm³/mol. The SMILES string of the molecule is COc1cc(C(=O)CCN2CCCCC2)cc(OC)c1OC.Cl. The lowest BCUT2D eigenvalue weighted by atomic mass is 10.1. The van der Waals surface area contributed by atoms with Crippen LogP contribution in [0.3, 0.4) is 0 Å². The first kappa shape index (κ1) is 19.6. The molecule has 0 aliphatic carbocycles. The number of ketones is 1. The Morgan fingerprint density at radius 2 is 1.57 bits per heavy atom. The van der Waals surface area contributed by atoms with E-state index >= 15 is 0 Å². The van der Waals surface area contributed by atoms with Crippen LogP contribution in [-0.2, 0) is 0 Å². The Balaban J connectivity index is 0.00000264. The van der Waals surface area contributed by atoms with Gasteiger partial charge in [-0.3, -0.25) is 4.79 Å². The zero-order chi connectivity index (χ0) is 15.9. The molecule has 1 aliphatic heterocycles. The van der Waals surface area contributed by atoms with Crippen molar-refractivity contribution in [1.82, 2.24) is 4.90 Å². The standard InChI is InChI=1S/C17H25NO4.ClH/c1-20-15-11-13(12-16(21-2)17(15)22-3)14(19)7-10-18-8-5-4-6-9-18;/h11-12H,4-10H2,1-3H3;1H. The highest BCUT2D eigenvalue weighted by molar-refractivity contribution is 5.97. The molecule has 0 atom stereocenters. The smallest absolute Gasteiger partial charge is 0.203 e. The molecule has 6 heteroatoms. The number of rotatable bonds is 7. The lowest BCUT2D eigenvalue weighted by Crippen LogP contribution is -2.31. The van der Waals surface area contributed by atoms with E-state index in [-0.39, 0.29) is 18.2 Å². The Labute approximate surface area is 144 Å². The van der Waals surface area contributed by atoms with E-state index in [1.54, 1.807) is 33.5 Å². The van der Waals surface area contributed by atoms with Gasteiger partial charge in [0.1, 0.15) is 0 Å².